The molecule has 0 aromatic heterocycles. The maximum atomic E-state index is 10.8. The van der Waals surface area contributed by atoms with E-state index in [2.05, 4.69) is 11.8 Å². The van der Waals surface area contributed by atoms with Crippen LogP contribution in [0, 0.1) is 23.7 Å². The molecule has 0 aliphatic heterocycles. The Morgan fingerprint density at radius 3 is 2.25 bits per heavy atom. The summed E-state index contributed by atoms with van der Waals surface area (Å²) in [5, 5.41) is 17.5. The summed E-state index contributed by atoms with van der Waals surface area (Å²) in [6, 6.07) is 0. The fourth-order valence-corrected chi connectivity index (χ4v) is 1.40. The number of carboxylic acids is 2. The zero-order valence-corrected chi connectivity index (χ0v) is 9.69. The van der Waals surface area contributed by atoms with Gasteiger partial charge in [0.25, 0.3) is 0 Å². The van der Waals surface area contributed by atoms with Gasteiger partial charge in [-0.15, -0.1) is 5.92 Å². The second-order valence-corrected chi connectivity index (χ2v) is 3.65. The number of hydrogen-bond donors (Lipinski definition) is 2. The Bertz CT molecular complexity index is 298. The van der Waals surface area contributed by atoms with E-state index in [4.69, 9.17) is 10.2 Å². The van der Waals surface area contributed by atoms with Crippen LogP contribution >= 0.6 is 0 Å². The van der Waals surface area contributed by atoms with Crippen molar-refractivity contribution in [2.24, 2.45) is 11.8 Å². The third-order valence-corrected chi connectivity index (χ3v) is 2.32. The summed E-state index contributed by atoms with van der Waals surface area (Å²) in [7, 11) is 0. The molecule has 4 nitrogen and oxygen atoms in total. The van der Waals surface area contributed by atoms with Crippen LogP contribution in [0.1, 0.15) is 39.5 Å². The number of carboxylic acid groups (broad SMARTS) is 2. The molecule has 0 rings (SSSR count). The molecule has 0 heterocycles. The largest absolute Gasteiger partial charge is 0.481 e. The summed E-state index contributed by atoms with van der Waals surface area (Å²) >= 11 is 0. The standard InChI is InChI=1S/C12H18O4/c1-3-5-6-9(4-2)7-10(12(15)16)8-11(13)14/h9-10H,3-4,7-8H2,1-2H3,(H,13,14)(H,15,16). The maximum absolute atomic E-state index is 10.8. The van der Waals surface area contributed by atoms with E-state index in [1.807, 2.05) is 13.8 Å². The van der Waals surface area contributed by atoms with Gasteiger partial charge in [-0.3, -0.25) is 9.59 Å². The van der Waals surface area contributed by atoms with Gasteiger partial charge in [-0.2, -0.15) is 0 Å². The van der Waals surface area contributed by atoms with Gasteiger partial charge in [0.1, 0.15) is 0 Å². The highest BCUT2D eigenvalue weighted by atomic mass is 16.4. The van der Waals surface area contributed by atoms with E-state index < -0.39 is 17.9 Å². The predicted molar refractivity (Wildman–Crippen MR) is 59.8 cm³/mol. The third kappa shape index (κ3) is 6.07. The molecule has 0 aromatic rings. The van der Waals surface area contributed by atoms with E-state index in [1.165, 1.54) is 0 Å². The van der Waals surface area contributed by atoms with Gasteiger partial charge in [0.2, 0.25) is 0 Å². The number of hydrogen-bond acceptors (Lipinski definition) is 2. The minimum Gasteiger partial charge on any atom is -0.481 e. The van der Waals surface area contributed by atoms with Crippen LogP contribution in [0.25, 0.3) is 0 Å². The molecule has 2 atom stereocenters. The molecule has 0 spiro atoms. The number of carbonyl (C=O) groups is 2. The third-order valence-electron chi connectivity index (χ3n) is 2.32. The summed E-state index contributed by atoms with van der Waals surface area (Å²) in [6.45, 7) is 3.85. The molecule has 0 aliphatic rings. The zero-order chi connectivity index (χ0) is 12.6. The Hall–Kier alpha value is -1.50. The fraction of sp³-hybridized carbons (Fsp3) is 0.667. The summed E-state index contributed by atoms with van der Waals surface area (Å²) in [6.07, 6.45) is 1.45. The number of rotatable bonds is 6. The van der Waals surface area contributed by atoms with Crippen molar-refractivity contribution in [2.45, 2.75) is 39.5 Å². The molecule has 0 aromatic carbocycles. The Morgan fingerprint density at radius 2 is 1.88 bits per heavy atom. The lowest BCUT2D eigenvalue weighted by Crippen LogP contribution is -2.20. The van der Waals surface area contributed by atoms with Gasteiger partial charge in [0.15, 0.2) is 0 Å². The van der Waals surface area contributed by atoms with Crippen LogP contribution in [-0.2, 0) is 9.59 Å². The minimum absolute atomic E-state index is 0.0274. The van der Waals surface area contributed by atoms with Crippen LogP contribution in [0.4, 0.5) is 0 Å². The number of aliphatic carboxylic acids is 2. The minimum atomic E-state index is -1.08. The maximum Gasteiger partial charge on any atom is 0.307 e. The molecule has 4 heteroatoms. The zero-order valence-electron chi connectivity index (χ0n) is 9.69. The lowest BCUT2D eigenvalue weighted by Gasteiger charge is -2.13. The van der Waals surface area contributed by atoms with E-state index in [9.17, 15) is 9.59 Å². The first-order valence-corrected chi connectivity index (χ1v) is 5.44. The van der Waals surface area contributed by atoms with Crippen molar-refractivity contribution < 1.29 is 19.8 Å². The highest BCUT2D eigenvalue weighted by Gasteiger charge is 2.23. The quantitative estimate of drug-likeness (QED) is 0.679. The van der Waals surface area contributed by atoms with Crippen molar-refractivity contribution in [3.8, 4) is 11.8 Å². The second-order valence-electron chi connectivity index (χ2n) is 3.65. The van der Waals surface area contributed by atoms with Crippen molar-refractivity contribution in [1.82, 2.24) is 0 Å². The fourth-order valence-electron chi connectivity index (χ4n) is 1.40. The smallest absolute Gasteiger partial charge is 0.307 e. The van der Waals surface area contributed by atoms with E-state index in [0.717, 1.165) is 12.8 Å². The summed E-state index contributed by atoms with van der Waals surface area (Å²) in [5.74, 6) is 2.88. The Kier molecular flexibility index (Phi) is 7.02. The van der Waals surface area contributed by atoms with Crippen molar-refractivity contribution in [1.29, 1.82) is 0 Å². The van der Waals surface area contributed by atoms with Crippen molar-refractivity contribution in [3.63, 3.8) is 0 Å². The highest BCUT2D eigenvalue weighted by molar-refractivity contribution is 5.77. The lowest BCUT2D eigenvalue weighted by atomic mass is 9.90. The van der Waals surface area contributed by atoms with Gasteiger partial charge in [-0.05, 0) is 12.8 Å². The summed E-state index contributed by atoms with van der Waals surface area (Å²) < 4.78 is 0. The van der Waals surface area contributed by atoms with E-state index in [0.29, 0.717) is 6.42 Å². The molecular formula is C12H18O4. The van der Waals surface area contributed by atoms with Gasteiger partial charge >= 0.3 is 11.9 Å². The first kappa shape index (κ1) is 14.5. The second kappa shape index (κ2) is 7.75. The van der Waals surface area contributed by atoms with Gasteiger partial charge < -0.3 is 10.2 Å². The highest BCUT2D eigenvalue weighted by Crippen LogP contribution is 2.18. The monoisotopic (exact) mass is 226 g/mol. The molecule has 2 N–H and O–H groups in total. The van der Waals surface area contributed by atoms with Crippen LogP contribution < -0.4 is 0 Å². The lowest BCUT2D eigenvalue weighted by molar-refractivity contribution is -0.148. The van der Waals surface area contributed by atoms with Crippen LogP contribution in [0.3, 0.4) is 0 Å². The van der Waals surface area contributed by atoms with E-state index in [1.54, 1.807) is 0 Å². The first-order valence-electron chi connectivity index (χ1n) is 5.44. The van der Waals surface area contributed by atoms with Crippen LogP contribution in [0.2, 0.25) is 0 Å². The van der Waals surface area contributed by atoms with Gasteiger partial charge in [0, 0.05) is 12.3 Å². The molecule has 0 aliphatic carbocycles. The van der Waals surface area contributed by atoms with Crippen LogP contribution in [-0.4, -0.2) is 22.2 Å². The average Bonchev–Trinajstić information content (AvgIpc) is 2.21. The van der Waals surface area contributed by atoms with E-state index >= 15 is 0 Å². The first-order chi connectivity index (χ1) is 7.51. The molecule has 0 amide bonds. The van der Waals surface area contributed by atoms with Crippen molar-refractivity contribution in [2.75, 3.05) is 0 Å². The van der Waals surface area contributed by atoms with Gasteiger partial charge in [-0.25, -0.2) is 0 Å². The average molecular weight is 226 g/mol. The van der Waals surface area contributed by atoms with Gasteiger partial charge in [0.05, 0.1) is 12.3 Å². The van der Waals surface area contributed by atoms with Crippen molar-refractivity contribution in [3.05, 3.63) is 0 Å². The molecule has 0 saturated carbocycles. The Labute approximate surface area is 95.7 Å². The molecule has 16 heavy (non-hydrogen) atoms. The molecule has 2 unspecified atom stereocenters. The topological polar surface area (TPSA) is 74.6 Å². The SMILES string of the molecule is CCC#CC(CC)CC(CC(=O)O)C(=O)O. The predicted octanol–water partition coefficient (Wildman–Crippen LogP) is 1.99. The van der Waals surface area contributed by atoms with Crippen LogP contribution in [0.5, 0.6) is 0 Å². The van der Waals surface area contributed by atoms with Gasteiger partial charge in [-0.1, -0.05) is 19.8 Å². The normalized spacial score (nSPS) is 13.4. The molecular weight excluding hydrogens is 208 g/mol. The van der Waals surface area contributed by atoms with Crippen LogP contribution in [0.15, 0.2) is 0 Å². The van der Waals surface area contributed by atoms with E-state index in [-0.39, 0.29) is 12.3 Å². The molecule has 0 bridgehead atoms. The Balaban J connectivity index is 4.46. The molecule has 0 saturated heterocycles. The summed E-state index contributed by atoms with van der Waals surface area (Å²) in [5.41, 5.74) is 0. The summed E-state index contributed by atoms with van der Waals surface area (Å²) in [4.78, 5) is 21.3. The van der Waals surface area contributed by atoms with Crippen molar-refractivity contribution >= 4 is 11.9 Å². The molecule has 90 valence electrons. The molecule has 0 fully saturated rings. The molecule has 0 radical (unpaired) electrons. The Morgan fingerprint density at radius 1 is 1.25 bits per heavy atom.